The zero-order valence-electron chi connectivity index (χ0n) is 13.0. The van der Waals surface area contributed by atoms with E-state index >= 15 is 0 Å². The highest BCUT2D eigenvalue weighted by Gasteiger charge is 2.06. The molecule has 1 heterocycles. The van der Waals surface area contributed by atoms with Gasteiger partial charge in [0.25, 0.3) is 0 Å². The van der Waals surface area contributed by atoms with E-state index in [1.54, 1.807) is 20.4 Å². The van der Waals surface area contributed by atoms with Gasteiger partial charge < -0.3 is 19.8 Å². The Morgan fingerprint density at radius 3 is 2.82 bits per heavy atom. The fourth-order valence-corrected chi connectivity index (χ4v) is 1.92. The van der Waals surface area contributed by atoms with Crippen molar-refractivity contribution in [3.05, 3.63) is 42.3 Å². The molecule has 0 bridgehead atoms. The molecule has 2 rings (SSSR count). The lowest BCUT2D eigenvalue weighted by atomic mass is 10.2. The van der Waals surface area contributed by atoms with Gasteiger partial charge in [-0.05, 0) is 18.6 Å². The first-order valence-electron chi connectivity index (χ1n) is 7.26. The Morgan fingerprint density at radius 2 is 2.09 bits per heavy atom. The topological polar surface area (TPSA) is 71.7 Å². The molecule has 118 valence electrons. The van der Waals surface area contributed by atoms with E-state index < -0.39 is 0 Å². The van der Waals surface area contributed by atoms with Crippen molar-refractivity contribution in [3.63, 3.8) is 0 Å². The Morgan fingerprint density at radius 1 is 1.27 bits per heavy atom. The highest BCUT2D eigenvalue weighted by Crippen LogP contribution is 2.17. The molecule has 0 atom stereocenters. The molecule has 22 heavy (non-hydrogen) atoms. The minimum Gasteiger partial charge on any atom is -0.444 e. The molecule has 6 nitrogen and oxygen atoms in total. The first-order valence-corrected chi connectivity index (χ1v) is 7.26. The van der Waals surface area contributed by atoms with Gasteiger partial charge in [-0.1, -0.05) is 18.2 Å². The van der Waals surface area contributed by atoms with Gasteiger partial charge in [0.1, 0.15) is 6.26 Å². The molecule has 6 heteroatoms. The Hall–Kier alpha value is -2.34. The number of ether oxygens (including phenoxy) is 1. The lowest BCUT2D eigenvalue weighted by Gasteiger charge is -2.10. The van der Waals surface area contributed by atoms with Crippen molar-refractivity contribution >= 4 is 5.96 Å². The monoisotopic (exact) mass is 302 g/mol. The fraction of sp³-hybridized carbons (Fsp3) is 0.375. The van der Waals surface area contributed by atoms with Crippen molar-refractivity contribution in [2.75, 3.05) is 27.3 Å². The minimum absolute atomic E-state index is 0.556. The molecule has 0 unspecified atom stereocenters. The molecule has 0 aliphatic rings. The van der Waals surface area contributed by atoms with Crippen LogP contribution in [0.15, 0.2) is 46.0 Å². The first kappa shape index (κ1) is 16.0. The predicted octanol–water partition coefficient (Wildman–Crippen LogP) is 2.04. The van der Waals surface area contributed by atoms with Crippen LogP contribution in [0.2, 0.25) is 0 Å². The Balaban J connectivity index is 1.82. The van der Waals surface area contributed by atoms with Gasteiger partial charge in [0.2, 0.25) is 5.89 Å². The van der Waals surface area contributed by atoms with E-state index in [2.05, 4.69) is 20.6 Å². The number of guanidine groups is 1. The maximum absolute atomic E-state index is 5.50. The molecule has 0 radical (unpaired) electrons. The molecule has 0 aliphatic heterocycles. The zero-order chi connectivity index (χ0) is 15.6. The Labute approximate surface area is 130 Å². The Kier molecular flexibility index (Phi) is 6.44. The zero-order valence-corrected chi connectivity index (χ0v) is 13.0. The SMILES string of the molecule is CN=C(NCCCOC)NCc1coc(-c2ccccc2)n1. The molecule has 2 N–H and O–H groups in total. The number of hydrogen-bond acceptors (Lipinski definition) is 4. The third-order valence-corrected chi connectivity index (χ3v) is 3.05. The maximum atomic E-state index is 5.50. The van der Waals surface area contributed by atoms with Gasteiger partial charge >= 0.3 is 0 Å². The van der Waals surface area contributed by atoms with Gasteiger partial charge in [0.15, 0.2) is 5.96 Å². The molecule has 0 fully saturated rings. The summed E-state index contributed by atoms with van der Waals surface area (Å²) in [7, 11) is 3.44. The van der Waals surface area contributed by atoms with Crippen LogP contribution >= 0.6 is 0 Å². The third-order valence-electron chi connectivity index (χ3n) is 3.05. The number of nitrogens with one attached hydrogen (secondary N) is 2. The number of hydrogen-bond donors (Lipinski definition) is 2. The van der Waals surface area contributed by atoms with E-state index in [0.29, 0.717) is 12.4 Å². The molecule has 0 saturated heterocycles. The summed E-state index contributed by atoms with van der Waals surface area (Å²) in [6.45, 7) is 2.09. The molecule has 0 aliphatic carbocycles. The standard InChI is InChI=1S/C16H22N4O2/c1-17-16(18-9-6-10-21-2)19-11-14-12-22-15(20-14)13-7-4-3-5-8-13/h3-5,7-8,12H,6,9-11H2,1-2H3,(H2,17,18,19). The van der Waals surface area contributed by atoms with Crippen molar-refractivity contribution in [2.45, 2.75) is 13.0 Å². The van der Waals surface area contributed by atoms with Crippen LogP contribution in [0.4, 0.5) is 0 Å². The Bertz CT molecular complexity index is 581. The first-order chi connectivity index (χ1) is 10.8. The van der Waals surface area contributed by atoms with E-state index in [-0.39, 0.29) is 0 Å². The summed E-state index contributed by atoms with van der Waals surface area (Å²) in [6.07, 6.45) is 2.59. The number of aliphatic imine (C=N–C) groups is 1. The summed E-state index contributed by atoms with van der Waals surface area (Å²) in [5, 5.41) is 6.42. The van der Waals surface area contributed by atoms with Crippen LogP contribution in [-0.2, 0) is 11.3 Å². The minimum atomic E-state index is 0.556. The number of methoxy groups -OCH3 is 1. The van der Waals surface area contributed by atoms with Crippen LogP contribution in [0, 0.1) is 0 Å². The van der Waals surface area contributed by atoms with E-state index in [1.807, 2.05) is 30.3 Å². The van der Waals surface area contributed by atoms with Crippen LogP contribution in [0.1, 0.15) is 12.1 Å². The lowest BCUT2D eigenvalue weighted by molar-refractivity contribution is 0.195. The molecule has 0 spiro atoms. The normalized spacial score (nSPS) is 11.5. The number of benzene rings is 1. The van der Waals surface area contributed by atoms with Crippen LogP contribution in [-0.4, -0.2) is 38.3 Å². The van der Waals surface area contributed by atoms with Crippen molar-refractivity contribution < 1.29 is 9.15 Å². The van der Waals surface area contributed by atoms with Crippen LogP contribution < -0.4 is 10.6 Å². The van der Waals surface area contributed by atoms with E-state index in [1.165, 1.54) is 0 Å². The van der Waals surface area contributed by atoms with Gasteiger partial charge in [-0.25, -0.2) is 4.98 Å². The molecular formula is C16H22N4O2. The molecule has 0 saturated carbocycles. The van der Waals surface area contributed by atoms with Crippen LogP contribution in [0.5, 0.6) is 0 Å². The second kappa shape index (κ2) is 8.84. The quantitative estimate of drug-likeness (QED) is 0.465. The lowest BCUT2D eigenvalue weighted by Crippen LogP contribution is -2.37. The van der Waals surface area contributed by atoms with E-state index in [4.69, 9.17) is 9.15 Å². The van der Waals surface area contributed by atoms with E-state index in [9.17, 15) is 0 Å². The van der Waals surface area contributed by atoms with Crippen molar-refractivity contribution in [1.29, 1.82) is 0 Å². The average Bonchev–Trinajstić information content (AvgIpc) is 3.04. The summed E-state index contributed by atoms with van der Waals surface area (Å²) >= 11 is 0. The average molecular weight is 302 g/mol. The summed E-state index contributed by atoms with van der Waals surface area (Å²) in [4.78, 5) is 8.63. The molecule has 1 aromatic heterocycles. The highest BCUT2D eigenvalue weighted by molar-refractivity contribution is 5.79. The second-order valence-corrected chi connectivity index (χ2v) is 4.71. The van der Waals surface area contributed by atoms with Gasteiger partial charge in [-0.2, -0.15) is 0 Å². The summed E-state index contributed by atoms with van der Waals surface area (Å²) in [6, 6.07) is 9.83. The number of rotatable bonds is 7. The van der Waals surface area contributed by atoms with Crippen molar-refractivity contribution in [2.24, 2.45) is 4.99 Å². The van der Waals surface area contributed by atoms with Gasteiger partial charge in [-0.15, -0.1) is 0 Å². The largest absolute Gasteiger partial charge is 0.444 e. The smallest absolute Gasteiger partial charge is 0.226 e. The van der Waals surface area contributed by atoms with Gasteiger partial charge in [-0.3, -0.25) is 4.99 Å². The van der Waals surface area contributed by atoms with Gasteiger partial charge in [0, 0.05) is 32.9 Å². The number of nitrogens with zero attached hydrogens (tertiary/aromatic N) is 2. The summed E-state index contributed by atoms with van der Waals surface area (Å²) in [5.41, 5.74) is 1.80. The fourth-order valence-electron chi connectivity index (χ4n) is 1.92. The summed E-state index contributed by atoms with van der Waals surface area (Å²) < 4.78 is 10.5. The van der Waals surface area contributed by atoms with Crippen LogP contribution in [0.25, 0.3) is 11.5 Å². The highest BCUT2D eigenvalue weighted by atomic mass is 16.5. The van der Waals surface area contributed by atoms with Crippen molar-refractivity contribution in [3.8, 4) is 11.5 Å². The molecular weight excluding hydrogens is 280 g/mol. The second-order valence-electron chi connectivity index (χ2n) is 4.71. The van der Waals surface area contributed by atoms with Gasteiger partial charge in [0.05, 0.1) is 12.2 Å². The van der Waals surface area contributed by atoms with E-state index in [0.717, 1.165) is 36.8 Å². The molecule has 1 aromatic carbocycles. The summed E-state index contributed by atoms with van der Waals surface area (Å²) in [5.74, 6) is 1.36. The number of aromatic nitrogens is 1. The number of oxazole rings is 1. The van der Waals surface area contributed by atoms with Crippen molar-refractivity contribution in [1.82, 2.24) is 15.6 Å². The molecule has 0 amide bonds. The maximum Gasteiger partial charge on any atom is 0.226 e. The van der Waals surface area contributed by atoms with Crippen LogP contribution in [0.3, 0.4) is 0 Å². The molecule has 2 aromatic rings. The predicted molar refractivity (Wildman–Crippen MR) is 86.6 cm³/mol. The third kappa shape index (κ3) is 4.89.